The van der Waals surface area contributed by atoms with E-state index in [9.17, 15) is 14.4 Å². The lowest BCUT2D eigenvalue weighted by molar-refractivity contribution is -0.185. The van der Waals surface area contributed by atoms with Crippen molar-refractivity contribution < 1.29 is 38.1 Å². The summed E-state index contributed by atoms with van der Waals surface area (Å²) in [5, 5.41) is 2.62. The number of pyridine rings is 1. The fourth-order valence-corrected chi connectivity index (χ4v) is 7.20. The summed E-state index contributed by atoms with van der Waals surface area (Å²) in [6, 6.07) is 0.562. The molecular formula is C27H38N2O8. The predicted molar refractivity (Wildman–Crippen MR) is 132 cm³/mol. The number of methoxy groups -OCH3 is 2. The molecule has 0 saturated heterocycles. The van der Waals surface area contributed by atoms with Crippen LogP contribution in [0.3, 0.4) is 0 Å². The van der Waals surface area contributed by atoms with Crippen LogP contribution in [0.15, 0.2) is 12.3 Å². The van der Waals surface area contributed by atoms with Crippen LogP contribution >= 0.6 is 0 Å². The van der Waals surface area contributed by atoms with Gasteiger partial charge < -0.3 is 29.0 Å². The number of aromatic nitrogens is 1. The summed E-state index contributed by atoms with van der Waals surface area (Å²) < 4.78 is 27.3. The summed E-state index contributed by atoms with van der Waals surface area (Å²) in [6.07, 6.45) is 8.08. The van der Waals surface area contributed by atoms with E-state index in [0.29, 0.717) is 0 Å². The topological polar surface area (TPSA) is 122 Å². The predicted octanol–water partition coefficient (Wildman–Crippen LogP) is 3.27. The number of hydrogen-bond donors (Lipinski definition) is 1. The van der Waals surface area contributed by atoms with Crippen molar-refractivity contribution in [1.29, 1.82) is 0 Å². The van der Waals surface area contributed by atoms with Crippen LogP contribution in [0.4, 0.5) is 0 Å². The Balaban J connectivity index is 1.39. The van der Waals surface area contributed by atoms with Gasteiger partial charge in [0.2, 0.25) is 6.79 Å². The van der Waals surface area contributed by atoms with Crippen molar-refractivity contribution in [3.63, 3.8) is 0 Å². The van der Waals surface area contributed by atoms with Gasteiger partial charge in [0.05, 0.1) is 13.2 Å². The van der Waals surface area contributed by atoms with E-state index in [4.69, 9.17) is 23.7 Å². The highest BCUT2D eigenvalue weighted by Gasteiger charge is 2.56. The Morgan fingerprint density at radius 1 is 1.08 bits per heavy atom. The number of hydrogen-bond acceptors (Lipinski definition) is 9. The lowest BCUT2D eigenvalue weighted by Gasteiger charge is -2.59. The van der Waals surface area contributed by atoms with Gasteiger partial charge in [-0.25, -0.2) is 9.78 Å². The summed E-state index contributed by atoms with van der Waals surface area (Å²) in [7, 11) is 3.11. The minimum atomic E-state index is -0.946. The van der Waals surface area contributed by atoms with E-state index in [1.165, 1.54) is 45.6 Å². The van der Waals surface area contributed by atoms with Crippen molar-refractivity contribution >= 4 is 17.8 Å². The number of ether oxygens (including phenoxy) is 5. The zero-order valence-corrected chi connectivity index (χ0v) is 22.3. The Hall–Kier alpha value is -2.88. The van der Waals surface area contributed by atoms with Gasteiger partial charge in [-0.2, -0.15) is 0 Å². The maximum atomic E-state index is 13.0. The minimum absolute atomic E-state index is 0.000973. The van der Waals surface area contributed by atoms with E-state index in [1.54, 1.807) is 14.0 Å². The Kier molecular flexibility index (Phi) is 8.26. The van der Waals surface area contributed by atoms with E-state index in [2.05, 4.69) is 10.3 Å². The number of esters is 2. The summed E-state index contributed by atoms with van der Waals surface area (Å²) in [6.45, 7) is 4.25. The average molecular weight is 519 g/mol. The van der Waals surface area contributed by atoms with Crippen LogP contribution in [0.1, 0.15) is 69.8 Å². The second-order valence-corrected chi connectivity index (χ2v) is 10.9. The van der Waals surface area contributed by atoms with Crippen molar-refractivity contribution in [2.75, 3.05) is 21.0 Å². The molecule has 4 aliphatic rings. The number of rotatable bonds is 11. The van der Waals surface area contributed by atoms with Crippen LogP contribution in [0.5, 0.6) is 11.5 Å². The van der Waals surface area contributed by atoms with Crippen molar-refractivity contribution in [3.05, 3.63) is 18.0 Å². The second-order valence-electron chi connectivity index (χ2n) is 10.9. The minimum Gasteiger partial charge on any atom is -0.493 e. The lowest BCUT2D eigenvalue weighted by Crippen LogP contribution is -2.56. The molecule has 1 N–H and O–H groups in total. The first-order valence-electron chi connectivity index (χ1n) is 13.0. The molecule has 4 bridgehead atoms. The fourth-order valence-electron chi connectivity index (χ4n) is 7.20. The quantitative estimate of drug-likeness (QED) is 0.347. The van der Waals surface area contributed by atoms with Crippen LogP contribution in [0, 0.1) is 23.2 Å². The molecule has 4 saturated carbocycles. The number of carbonyl (C=O) groups excluding carboxylic acids is 3. The van der Waals surface area contributed by atoms with Crippen molar-refractivity contribution in [2.24, 2.45) is 23.2 Å². The number of nitrogens with one attached hydrogen (secondary N) is 1. The van der Waals surface area contributed by atoms with Gasteiger partial charge in [0, 0.05) is 31.7 Å². The molecule has 10 nitrogen and oxygen atoms in total. The van der Waals surface area contributed by atoms with Crippen LogP contribution < -0.4 is 14.8 Å². The summed E-state index contributed by atoms with van der Waals surface area (Å²) in [5.41, 5.74) is -0.0588. The molecule has 0 aliphatic heterocycles. The van der Waals surface area contributed by atoms with E-state index in [0.717, 1.165) is 37.0 Å². The molecule has 5 rings (SSSR count). The van der Waals surface area contributed by atoms with E-state index in [-0.39, 0.29) is 28.7 Å². The van der Waals surface area contributed by atoms with Crippen molar-refractivity contribution in [3.8, 4) is 11.5 Å². The van der Waals surface area contributed by atoms with E-state index >= 15 is 0 Å². The van der Waals surface area contributed by atoms with Gasteiger partial charge in [-0.3, -0.25) is 9.59 Å². The average Bonchev–Trinajstić information content (AvgIpc) is 2.83. The number of nitrogens with zero attached hydrogens (tertiary/aromatic N) is 1. The summed E-state index contributed by atoms with van der Waals surface area (Å²) in [4.78, 5) is 41.1. The molecule has 1 aromatic rings. The highest BCUT2D eigenvalue weighted by Crippen LogP contribution is 2.62. The highest BCUT2D eigenvalue weighted by molar-refractivity contribution is 5.98. The molecule has 0 unspecified atom stereocenters. The molecule has 1 heterocycles. The standard InChI is InChI=1S/C27H38N2O8/c1-15(29-25(31)22-23(36-14-35-17(3)30)21(33-4)6-7-28-22)26(32)37-16(2)24(34-5)27-11-18-8-19(12-27)10-20(9-18)13-27/h6-7,15-16,18-20,24H,8-14H2,1-5H3,(H,29,31)/t15-,16-,18?,19?,20?,24+,27?/m0/s1. The van der Waals surface area contributed by atoms with Crippen LogP contribution in [-0.2, 0) is 23.8 Å². The van der Waals surface area contributed by atoms with Gasteiger partial charge in [0.25, 0.3) is 5.91 Å². The zero-order chi connectivity index (χ0) is 26.7. The molecule has 4 aliphatic carbocycles. The smallest absolute Gasteiger partial charge is 0.328 e. The number of amides is 1. The Morgan fingerprint density at radius 3 is 2.24 bits per heavy atom. The maximum Gasteiger partial charge on any atom is 0.328 e. The summed E-state index contributed by atoms with van der Waals surface area (Å²) >= 11 is 0. The molecule has 0 aromatic carbocycles. The Labute approximate surface area is 217 Å². The highest BCUT2D eigenvalue weighted by atomic mass is 16.7. The first kappa shape index (κ1) is 27.2. The van der Waals surface area contributed by atoms with E-state index in [1.807, 2.05) is 6.92 Å². The normalized spacial score (nSPS) is 28.1. The third kappa shape index (κ3) is 5.84. The largest absolute Gasteiger partial charge is 0.493 e. The molecule has 10 heteroatoms. The SMILES string of the molecule is COc1ccnc(C(=O)N[C@@H](C)C(=O)O[C@@H](C)[C@@H](OC)C23CC4CC(CC(C4)C2)C3)c1OCOC(C)=O. The van der Waals surface area contributed by atoms with Crippen molar-refractivity contribution in [1.82, 2.24) is 10.3 Å². The number of carbonyl (C=O) groups is 3. The van der Waals surface area contributed by atoms with Gasteiger partial charge in [0.1, 0.15) is 12.1 Å². The lowest BCUT2D eigenvalue weighted by atomic mass is 9.47. The van der Waals surface area contributed by atoms with Crippen molar-refractivity contribution in [2.45, 2.75) is 77.5 Å². The monoisotopic (exact) mass is 518 g/mol. The first-order valence-corrected chi connectivity index (χ1v) is 13.0. The molecule has 0 spiro atoms. The fraction of sp³-hybridized carbons (Fsp3) is 0.704. The Morgan fingerprint density at radius 2 is 1.70 bits per heavy atom. The molecular weight excluding hydrogens is 480 g/mol. The third-order valence-corrected chi connectivity index (χ3v) is 8.14. The van der Waals surface area contributed by atoms with Gasteiger partial charge in [-0.05, 0) is 70.1 Å². The third-order valence-electron chi connectivity index (χ3n) is 8.14. The van der Waals surface area contributed by atoms with Crippen LogP contribution in [0.25, 0.3) is 0 Å². The molecule has 0 radical (unpaired) electrons. The zero-order valence-electron chi connectivity index (χ0n) is 22.3. The molecule has 37 heavy (non-hydrogen) atoms. The van der Waals surface area contributed by atoms with Crippen LogP contribution in [0.2, 0.25) is 0 Å². The molecule has 204 valence electrons. The van der Waals surface area contributed by atoms with Gasteiger partial charge in [0.15, 0.2) is 17.2 Å². The van der Waals surface area contributed by atoms with E-state index < -0.39 is 36.8 Å². The molecule has 1 amide bonds. The summed E-state index contributed by atoms with van der Waals surface area (Å²) in [5.74, 6) is 0.722. The maximum absolute atomic E-state index is 13.0. The molecule has 3 atom stereocenters. The van der Waals surface area contributed by atoms with Gasteiger partial charge in [-0.1, -0.05) is 0 Å². The first-order chi connectivity index (χ1) is 17.7. The van der Waals surface area contributed by atoms with Gasteiger partial charge >= 0.3 is 11.9 Å². The Bertz CT molecular complexity index is 977. The second kappa shape index (κ2) is 11.2. The van der Waals surface area contributed by atoms with Crippen LogP contribution in [-0.4, -0.2) is 62.1 Å². The molecule has 4 fully saturated rings. The van der Waals surface area contributed by atoms with Gasteiger partial charge in [-0.15, -0.1) is 0 Å². The molecule has 1 aromatic heterocycles.